The molecule has 6 nitrogen and oxygen atoms in total. The molecule has 2 aromatic carbocycles. The molecule has 2 N–H and O–H groups in total. The molecule has 3 heterocycles. The monoisotopic (exact) mass is 461 g/mol. The van der Waals surface area contributed by atoms with Gasteiger partial charge in [-0.2, -0.15) is 5.10 Å². The van der Waals surface area contributed by atoms with Gasteiger partial charge in [-0.15, -0.1) is 11.8 Å². The summed E-state index contributed by atoms with van der Waals surface area (Å²) in [4.78, 5) is 16.6. The fraction of sp³-hybridized carbons (Fsp3) is 0.125. The van der Waals surface area contributed by atoms with E-state index >= 15 is 0 Å². The first-order valence-electron chi connectivity index (χ1n) is 10.3. The molecule has 0 spiro atoms. The van der Waals surface area contributed by atoms with E-state index in [2.05, 4.69) is 20.3 Å². The highest BCUT2D eigenvalue weighted by atomic mass is 35.5. The zero-order valence-corrected chi connectivity index (χ0v) is 18.7. The van der Waals surface area contributed by atoms with Gasteiger partial charge in [0.05, 0.1) is 0 Å². The van der Waals surface area contributed by atoms with Gasteiger partial charge in [0.15, 0.2) is 0 Å². The fourth-order valence-electron chi connectivity index (χ4n) is 3.68. The second kappa shape index (κ2) is 9.06. The number of anilines is 2. The van der Waals surface area contributed by atoms with Crippen LogP contribution in [0.15, 0.2) is 78.1 Å². The number of nitrogens with zero attached hydrogens (tertiary/aromatic N) is 3. The number of rotatable bonds is 4. The molecule has 0 saturated carbocycles. The molecule has 8 heteroatoms. The van der Waals surface area contributed by atoms with Gasteiger partial charge >= 0.3 is 6.03 Å². The quantitative estimate of drug-likeness (QED) is 0.368. The van der Waals surface area contributed by atoms with Crippen molar-refractivity contribution in [2.45, 2.75) is 18.0 Å². The molecule has 2 aromatic heterocycles. The predicted molar refractivity (Wildman–Crippen MR) is 130 cm³/mol. The summed E-state index contributed by atoms with van der Waals surface area (Å²) in [5.41, 5.74) is 5.41. The molecule has 0 radical (unpaired) electrons. The van der Waals surface area contributed by atoms with Crippen molar-refractivity contribution < 1.29 is 4.79 Å². The Morgan fingerprint density at radius 2 is 1.75 bits per heavy atom. The molecule has 0 atom stereocenters. The standard InChI is InChI=1S/C24H20ClN5OS/c25-18-5-7-19(8-6-18)27-24(31)28-20-4-1-3-17(15-20)22-21(16-9-11-26-12-10-16)23-30(29-22)13-2-14-32-23/h1,3-12,15H,2,13-14H2,(H2,27,28,31). The van der Waals surface area contributed by atoms with Crippen LogP contribution in [0.5, 0.6) is 0 Å². The number of urea groups is 1. The number of nitrogens with one attached hydrogen (secondary N) is 2. The number of thioether (sulfide) groups is 1. The van der Waals surface area contributed by atoms with Gasteiger partial charge in [-0.1, -0.05) is 23.7 Å². The van der Waals surface area contributed by atoms with E-state index in [4.69, 9.17) is 16.7 Å². The smallest absolute Gasteiger partial charge is 0.308 e. The number of carbonyl (C=O) groups excluding carboxylic acids is 1. The van der Waals surface area contributed by atoms with Crippen LogP contribution in [0, 0.1) is 0 Å². The maximum absolute atomic E-state index is 12.5. The number of fused-ring (bicyclic) bond motifs is 1. The summed E-state index contributed by atoms with van der Waals surface area (Å²) in [7, 11) is 0. The Morgan fingerprint density at radius 1 is 0.969 bits per heavy atom. The Hall–Kier alpha value is -3.29. The Kier molecular flexibility index (Phi) is 5.83. The summed E-state index contributed by atoms with van der Waals surface area (Å²) in [6.07, 6.45) is 4.70. The minimum absolute atomic E-state index is 0.321. The number of hydrogen-bond donors (Lipinski definition) is 2. The molecule has 0 saturated heterocycles. The molecule has 4 aromatic rings. The van der Waals surface area contributed by atoms with E-state index in [1.807, 2.05) is 48.2 Å². The molecule has 0 unspecified atom stereocenters. The van der Waals surface area contributed by atoms with Gasteiger partial charge in [0.2, 0.25) is 0 Å². The van der Waals surface area contributed by atoms with Crippen molar-refractivity contribution in [2.75, 3.05) is 16.4 Å². The molecular formula is C24H20ClN5OS. The highest BCUT2D eigenvalue weighted by molar-refractivity contribution is 7.99. The van der Waals surface area contributed by atoms with Crippen molar-refractivity contribution in [2.24, 2.45) is 0 Å². The summed E-state index contributed by atoms with van der Waals surface area (Å²) in [5.74, 6) is 1.08. The van der Waals surface area contributed by atoms with E-state index in [0.717, 1.165) is 41.1 Å². The SMILES string of the molecule is O=C(Nc1ccc(Cl)cc1)Nc1cccc(-c2nn3c(c2-c2ccncc2)SCCC3)c1. The normalized spacial score (nSPS) is 12.8. The van der Waals surface area contributed by atoms with Crippen molar-refractivity contribution in [3.8, 4) is 22.4 Å². The number of pyridine rings is 1. The molecule has 0 aliphatic carbocycles. The van der Waals surface area contributed by atoms with Gasteiger partial charge in [-0.25, -0.2) is 4.79 Å². The van der Waals surface area contributed by atoms with Gasteiger partial charge in [0.25, 0.3) is 0 Å². The number of halogens is 1. The summed E-state index contributed by atoms with van der Waals surface area (Å²) >= 11 is 7.74. The van der Waals surface area contributed by atoms with Gasteiger partial charge in [0, 0.05) is 52.2 Å². The minimum atomic E-state index is -0.321. The Labute approximate surface area is 195 Å². The maximum Gasteiger partial charge on any atom is 0.323 e. The number of aromatic nitrogens is 3. The molecule has 5 rings (SSSR count). The van der Waals surface area contributed by atoms with Crippen molar-refractivity contribution in [1.82, 2.24) is 14.8 Å². The highest BCUT2D eigenvalue weighted by Crippen LogP contribution is 2.41. The topological polar surface area (TPSA) is 71.8 Å². The average molecular weight is 462 g/mol. The lowest BCUT2D eigenvalue weighted by Gasteiger charge is -2.14. The van der Waals surface area contributed by atoms with Crippen molar-refractivity contribution >= 4 is 40.8 Å². The summed E-state index contributed by atoms with van der Waals surface area (Å²) in [6, 6.07) is 18.4. The zero-order chi connectivity index (χ0) is 21.9. The average Bonchev–Trinajstić information content (AvgIpc) is 3.21. The van der Waals surface area contributed by atoms with Crippen LogP contribution >= 0.6 is 23.4 Å². The number of hydrogen-bond acceptors (Lipinski definition) is 4. The predicted octanol–water partition coefficient (Wildman–Crippen LogP) is 6.41. The Morgan fingerprint density at radius 3 is 2.56 bits per heavy atom. The number of aryl methyl sites for hydroxylation is 1. The van der Waals surface area contributed by atoms with Crippen molar-refractivity contribution in [3.05, 3.63) is 78.1 Å². The van der Waals surface area contributed by atoms with Gasteiger partial charge < -0.3 is 10.6 Å². The first-order valence-corrected chi connectivity index (χ1v) is 11.6. The molecule has 1 aliphatic heterocycles. The second-order valence-electron chi connectivity index (χ2n) is 7.36. The summed E-state index contributed by atoms with van der Waals surface area (Å²) < 4.78 is 2.09. The van der Waals surface area contributed by atoms with Crippen LogP contribution in [0.2, 0.25) is 5.02 Å². The first kappa shape index (κ1) is 20.6. The lowest BCUT2D eigenvalue weighted by atomic mass is 10.0. The van der Waals surface area contributed by atoms with E-state index in [9.17, 15) is 4.79 Å². The summed E-state index contributed by atoms with van der Waals surface area (Å²) in [5, 5.41) is 12.4. The van der Waals surface area contributed by atoms with Crippen molar-refractivity contribution in [1.29, 1.82) is 0 Å². The van der Waals surface area contributed by atoms with Crippen LogP contribution in [0.3, 0.4) is 0 Å². The number of amides is 2. The molecular weight excluding hydrogens is 442 g/mol. The van der Waals surface area contributed by atoms with E-state index in [1.165, 1.54) is 5.03 Å². The molecule has 1 aliphatic rings. The Bertz CT molecular complexity index is 1260. The third-order valence-corrected chi connectivity index (χ3v) is 6.56. The first-order chi connectivity index (χ1) is 15.7. The van der Waals surface area contributed by atoms with Crippen LogP contribution in [0.4, 0.5) is 16.2 Å². The zero-order valence-electron chi connectivity index (χ0n) is 17.1. The van der Waals surface area contributed by atoms with Crippen molar-refractivity contribution in [3.63, 3.8) is 0 Å². The van der Waals surface area contributed by atoms with E-state index in [-0.39, 0.29) is 6.03 Å². The molecule has 0 fully saturated rings. The largest absolute Gasteiger partial charge is 0.323 e. The third kappa shape index (κ3) is 4.35. The molecule has 0 bridgehead atoms. The fourth-order valence-corrected chi connectivity index (χ4v) is 4.91. The van der Waals surface area contributed by atoms with Crippen LogP contribution in [-0.4, -0.2) is 26.5 Å². The summed E-state index contributed by atoms with van der Waals surface area (Å²) in [6.45, 7) is 0.905. The van der Waals surface area contributed by atoms with Gasteiger partial charge in [0.1, 0.15) is 10.7 Å². The highest BCUT2D eigenvalue weighted by Gasteiger charge is 2.23. The molecule has 32 heavy (non-hydrogen) atoms. The van der Waals surface area contributed by atoms with E-state index in [0.29, 0.717) is 16.4 Å². The maximum atomic E-state index is 12.5. The van der Waals surface area contributed by atoms with Gasteiger partial charge in [-0.3, -0.25) is 9.67 Å². The number of carbonyl (C=O) groups is 1. The second-order valence-corrected chi connectivity index (χ2v) is 8.88. The Balaban J connectivity index is 1.45. The van der Waals surface area contributed by atoms with Crippen LogP contribution in [-0.2, 0) is 6.54 Å². The lowest BCUT2D eigenvalue weighted by Crippen LogP contribution is -2.19. The molecule has 160 valence electrons. The number of benzene rings is 2. The van der Waals surface area contributed by atoms with E-state index < -0.39 is 0 Å². The van der Waals surface area contributed by atoms with E-state index in [1.54, 1.807) is 36.7 Å². The molecule has 2 amide bonds. The van der Waals surface area contributed by atoms with Crippen LogP contribution in [0.25, 0.3) is 22.4 Å². The van der Waals surface area contributed by atoms with Gasteiger partial charge in [-0.05, 0) is 60.5 Å². The third-order valence-electron chi connectivity index (χ3n) is 5.12. The van der Waals surface area contributed by atoms with Crippen LogP contribution < -0.4 is 10.6 Å². The van der Waals surface area contributed by atoms with Crippen LogP contribution in [0.1, 0.15) is 6.42 Å². The lowest BCUT2D eigenvalue weighted by molar-refractivity contribution is 0.262. The minimum Gasteiger partial charge on any atom is -0.308 e.